The number of likely N-dealkylation sites (tertiary alicyclic amines) is 1. The predicted molar refractivity (Wildman–Crippen MR) is 107 cm³/mol. The molecule has 0 aliphatic carbocycles. The molecule has 2 aromatic rings. The molecule has 0 radical (unpaired) electrons. The maximum atomic E-state index is 14.5. The normalized spacial score (nSPS) is 24.4. The summed E-state index contributed by atoms with van der Waals surface area (Å²) in [4.78, 5) is 19.9. The Hall–Kier alpha value is -1.55. The zero-order valence-corrected chi connectivity index (χ0v) is 17.4. The van der Waals surface area contributed by atoms with Crippen LogP contribution in [0.1, 0.15) is 12.2 Å². The van der Waals surface area contributed by atoms with Gasteiger partial charge < -0.3 is 19.1 Å². The minimum absolute atomic E-state index is 0.0192. The monoisotopic (exact) mass is 411 g/mol. The van der Waals surface area contributed by atoms with Crippen LogP contribution < -0.4 is 4.90 Å². The van der Waals surface area contributed by atoms with E-state index >= 15 is 0 Å². The van der Waals surface area contributed by atoms with E-state index < -0.39 is 6.17 Å². The summed E-state index contributed by atoms with van der Waals surface area (Å²) in [7, 11) is 5.80. The summed E-state index contributed by atoms with van der Waals surface area (Å²) < 4.78 is 21.9. The first-order valence-electron chi connectivity index (χ1n) is 9.68. The Bertz CT molecular complexity index is 839. The van der Waals surface area contributed by atoms with Gasteiger partial charge in [-0.25, -0.2) is 9.37 Å². The number of nitrogens with zero attached hydrogens (tertiary/aromatic N) is 7. The number of piperidine rings is 1. The van der Waals surface area contributed by atoms with E-state index in [1.165, 1.54) is 0 Å². The number of aromatic nitrogens is 4. The van der Waals surface area contributed by atoms with Crippen molar-refractivity contribution in [3.05, 3.63) is 11.1 Å². The molecule has 2 aliphatic rings. The molecule has 2 aliphatic heterocycles. The van der Waals surface area contributed by atoms with Crippen LogP contribution in [0.5, 0.6) is 0 Å². The molecule has 8 nitrogen and oxygen atoms in total. The molecule has 10 heteroatoms. The highest BCUT2D eigenvalue weighted by atomic mass is 35.5. The van der Waals surface area contributed by atoms with E-state index in [9.17, 15) is 4.39 Å². The van der Waals surface area contributed by atoms with E-state index in [0.29, 0.717) is 32.0 Å². The van der Waals surface area contributed by atoms with Gasteiger partial charge in [0.05, 0.1) is 19.8 Å². The van der Waals surface area contributed by atoms with Gasteiger partial charge in [-0.2, -0.15) is 9.97 Å². The number of halogens is 2. The molecule has 0 unspecified atom stereocenters. The molecule has 28 heavy (non-hydrogen) atoms. The lowest BCUT2D eigenvalue weighted by Gasteiger charge is -2.37. The van der Waals surface area contributed by atoms with E-state index in [1.54, 1.807) is 0 Å². The number of rotatable bonds is 4. The lowest BCUT2D eigenvalue weighted by Crippen LogP contribution is -2.50. The van der Waals surface area contributed by atoms with Gasteiger partial charge in [0.2, 0.25) is 5.28 Å². The van der Waals surface area contributed by atoms with Gasteiger partial charge in [-0.05, 0) is 32.1 Å². The molecular weight excluding hydrogens is 385 g/mol. The van der Waals surface area contributed by atoms with Crippen LogP contribution in [0.3, 0.4) is 0 Å². The number of aryl methyl sites for hydroxylation is 1. The van der Waals surface area contributed by atoms with Crippen molar-refractivity contribution in [3.63, 3.8) is 0 Å². The van der Waals surface area contributed by atoms with Crippen LogP contribution >= 0.6 is 11.6 Å². The molecule has 0 amide bonds. The third-order valence-corrected chi connectivity index (χ3v) is 5.86. The van der Waals surface area contributed by atoms with Crippen LogP contribution in [-0.4, -0.2) is 95.0 Å². The van der Waals surface area contributed by atoms with Gasteiger partial charge >= 0.3 is 0 Å². The minimum Gasteiger partial charge on any atom is -0.378 e. The summed E-state index contributed by atoms with van der Waals surface area (Å²) in [6.45, 7) is 4.63. The van der Waals surface area contributed by atoms with Crippen molar-refractivity contribution in [1.29, 1.82) is 0 Å². The summed E-state index contributed by atoms with van der Waals surface area (Å²) in [5, 5.41) is 0.208. The zero-order valence-electron chi connectivity index (χ0n) is 16.6. The summed E-state index contributed by atoms with van der Waals surface area (Å²) >= 11 is 6.20. The Kier molecular flexibility index (Phi) is 5.69. The van der Waals surface area contributed by atoms with Crippen molar-refractivity contribution in [2.24, 2.45) is 7.05 Å². The lowest BCUT2D eigenvalue weighted by atomic mass is 10.0. The first-order chi connectivity index (χ1) is 13.4. The van der Waals surface area contributed by atoms with Crippen molar-refractivity contribution in [2.45, 2.75) is 25.2 Å². The van der Waals surface area contributed by atoms with Crippen molar-refractivity contribution >= 4 is 28.6 Å². The summed E-state index contributed by atoms with van der Waals surface area (Å²) in [5.74, 6) is 1.59. The Morgan fingerprint density at radius 2 is 1.93 bits per heavy atom. The largest absolute Gasteiger partial charge is 0.378 e. The molecule has 0 bridgehead atoms. The van der Waals surface area contributed by atoms with Gasteiger partial charge in [0.15, 0.2) is 17.0 Å². The molecule has 0 saturated carbocycles. The van der Waals surface area contributed by atoms with Gasteiger partial charge in [-0.3, -0.25) is 4.90 Å². The fourth-order valence-electron chi connectivity index (χ4n) is 4.08. The van der Waals surface area contributed by atoms with E-state index in [-0.39, 0.29) is 11.3 Å². The van der Waals surface area contributed by atoms with Crippen LogP contribution in [0.15, 0.2) is 0 Å². The summed E-state index contributed by atoms with van der Waals surface area (Å²) in [6, 6.07) is -0.0192. The Morgan fingerprint density at radius 3 is 2.61 bits per heavy atom. The number of imidazole rings is 1. The first-order valence-corrected chi connectivity index (χ1v) is 10.1. The van der Waals surface area contributed by atoms with Gasteiger partial charge in [0.1, 0.15) is 12.0 Å². The molecular formula is C18H27ClFN7O. The van der Waals surface area contributed by atoms with Crippen LogP contribution in [0, 0.1) is 0 Å². The third kappa shape index (κ3) is 3.80. The predicted octanol–water partition coefficient (Wildman–Crippen LogP) is 1.33. The molecule has 2 atom stereocenters. The number of fused-ring (bicyclic) bond motifs is 1. The molecule has 2 aromatic heterocycles. The zero-order chi connectivity index (χ0) is 19.8. The molecule has 154 valence electrons. The quantitative estimate of drug-likeness (QED) is 0.703. The van der Waals surface area contributed by atoms with Crippen LogP contribution in [0.2, 0.25) is 5.28 Å². The standard InChI is InChI=1S/C18H27ClFN7O/c1-24(2)13-4-5-26(10-12(13)20)11-14-21-15-16(25(14)3)22-18(19)23-17(15)27-6-8-28-9-7-27/h12-13H,4-11H2,1-3H3/t12-,13+/m0/s1. The van der Waals surface area contributed by atoms with Gasteiger partial charge in [0, 0.05) is 39.3 Å². The molecule has 4 rings (SSSR count). The summed E-state index contributed by atoms with van der Waals surface area (Å²) in [5.41, 5.74) is 1.44. The Balaban J connectivity index is 1.59. The Labute approximate surface area is 169 Å². The van der Waals surface area contributed by atoms with Gasteiger partial charge in [-0.1, -0.05) is 0 Å². The Morgan fingerprint density at radius 1 is 1.18 bits per heavy atom. The molecule has 0 N–H and O–H groups in total. The van der Waals surface area contributed by atoms with Crippen LogP contribution in [-0.2, 0) is 18.3 Å². The van der Waals surface area contributed by atoms with Crippen molar-refractivity contribution in [2.75, 3.05) is 58.4 Å². The van der Waals surface area contributed by atoms with E-state index in [4.69, 9.17) is 21.3 Å². The highest BCUT2D eigenvalue weighted by Crippen LogP contribution is 2.27. The number of hydrogen-bond acceptors (Lipinski definition) is 7. The fraction of sp³-hybridized carbons (Fsp3) is 0.722. The second-order valence-electron chi connectivity index (χ2n) is 7.75. The molecule has 2 fully saturated rings. The average Bonchev–Trinajstić information content (AvgIpc) is 2.97. The highest BCUT2D eigenvalue weighted by molar-refractivity contribution is 6.28. The fourth-order valence-corrected chi connectivity index (χ4v) is 4.24. The molecule has 2 saturated heterocycles. The second kappa shape index (κ2) is 8.06. The number of ether oxygens (including phenoxy) is 1. The topological polar surface area (TPSA) is 62.6 Å². The highest BCUT2D eigenvalue weighted by Gasteiger charge is 2.31. The summed E-state index contributed by atoms with van der Waals surface area (Å²) in [6.07, 6.45) is -0.0560. The second-order valence-corrected chi connectivity index (χ2v) is 8.08. The maximum absolute atomic E-state index is 14.5. The SMILES string of the molecule is CN(C)[C@@H]1CCN(Cc2nc3c(N4CCOCC4)nc(Cl)nc3n2C)C[C@@H]1F. The van der Waals surface area contributed by atoms with Crippen molar-refractivity contribution < 1.29 is 9.13 Å². The number of morpholine rings is 1. The minimum atomic E-state index is -0.864. The molecule has 0 spiro atoms. The third-order valence-electron chi connectivity index (χ3n) is 5.70. The number of hydrogen-bond donors (Lipinski definition) is 0. The van der Waals surface area contributed by atoms with E-state index in [1.807, 2.05) is 30.6 Å². The smallest absolute Gasteiger partial charge is 0.226 e. The van der Waals surface area contributed by atoms with Gasteiger partial charge in [-0.15, -0.1) is 0 Å². The van der Waals surface area contributed by atoms with Crippen molar-refractivity contribution in [3.8, 4) is 0 Å². The lowest BCUT2D eigenvalue weighted by molar-refractivity contribution is 0.0530. The molecule has 4 heterocycles. The van der Waals surface area contributed by atoms with E-state index in [2.05, 4.69) is 19.8 Å². The number of alkyl halides is 1. The first kappa shape index (κ1) is 19.8. The number of anilines is 1. The van der Waals surface area contributed by atoms with E-state index in [0.717, 1.165) is 43.2 Å². The maximum Gasteiger partial charge on any atom is 0.226 e. The van der Waals surface area contributed by atoms with Gasteiger partial charge in [0.25, 0.3) is 0 Å². The van der Waals surface area contributed by atoms with Crippen LogP contribution in [0.25, 0.3) is 11.2 Å². The molecule has 0 aromatic carbocycles. The van der Waals surface area contributed by atoms with Crippen LogP contribution in [0.4, 0.5) is 10.2 Å². The van der Waals surface area contributed by atoms with Crippen molar-refractivity contribution in [1.82, 2.24) is 29.3 Å². The average molecular weight is 412 g/mol.